The standard InChI is InChI=1S/C10H22N/c1-5-7-8-9-10(6-2)11(3)4/h10H,2,5-9H2,1,3-4H3. The van der Waals surface area contributed by atoms with Crippen molar-refractivity contribution in [1.29, 1.82) is 0 Å². The predicted octanol–water partition coefficient (Wildman–Crippen LogP) is 2.72. The van der Waals surface area contributed by atoms with Gasteiger partial charge in [0.25, 0.3) is 0 Å². The van der Waals surface area contributed by atoms with Crippen LogP contribution in [0.2, 0.25) is 0 Å². The SMILES string of the molecule is [CH2]CC(CCCCC)N(C)C. The van der Waals surface area contributed by atoms with Crippen molar-refractivity contribution in [2.45, 2.75) is 45.1 Å². The lowest BCUT2D eigenvalue weighted by Gasteiger charge is -2.22. The fourth-order valence-electron chi connectivity index (χ4n) is 1.29. The summed E-state index contributed by atoms with van der Waals surface area (Å²) in [4.78, 5) is 2.28. The maximum Gasteiger partial charge on any atom is 0.00891 e. The lowest BCUT2D eigenvalue weighted by atomic mass is 10.1. The zero-order valence-electron chi connectivity index (χ0n) is 8.27. The van der Waals surface area contributed by atoms with Crippen LogP contribution in [-0.4, -0.2) is 25.0 Å². The van der Waals surface area contributed by atoms with E-state index in [1.807, 2.05) is 0 Å². The third kappa shape index (κ3) is 5.25. The number of rotatable bonds is 6. The van der Waals surface area contributed by atoms with Crippen molar-refractivity contribution >= 4 is 0 Å². The average molecular weight is 156 g/mol. The molecule has 67 valence electrons. The molecule has 0 amide bonds. The molecule has 0 aromatic heterocycles. The first kappa shape index (κ1) is 11.0. The minimum Gasteiger partial charge on any atom is -0.306 e. The van der Waals surface area contributed by atoms with Crippen LogP contribution in [0.1, 0.15) is 39.0 Å². The highest BCUT2D eigenvalue weighted by Crippen LogP contribution is 2.09. The molecule has 0 aromatic carbocycles. The Morgan fingerprint density at radius 3 is 2.27 bits per heavy atom. The lowest BCUT2D eigenvalue weighted by molar-refractivity contribution is 0.273. The van der Waals surface area contributed by atoms with Crippen LogP contribution in [0.15, 0.2) is 0 Å². The molecule has 0 heterocycles. The fraction of sp³-hybridized carbons (Fsp3) is 0.900. The van der Waals surface area contributed by atoms with Crippen LogP contribution in [0.25, 0.3) is 0 Å². The molecule has 1 nitrogen and oxygen atoms in total. The molecule has 0 spiro atoms. The Hall–Kier alpha value is -0.0400. The molecule has 1 radical (unpaired) electrons. The van der Waals surface area contributed by atoms with Gasteiger partial charge in [0.15, 0.2) is 0 Å². The van der Waals surface area contributed by atoms with Crippen LogP contribution >= 0.6 is 0 Å². The maximum atomic E-state index is 3.94. The quantitative estimate of drug-likeness (QED) is 0.534. The number of unbranched alkanes of at least 4 members (excludes halogenated alkanes) is 2. The third-order valence-electron chi connectivity index (χ3n) is 2.20. The molecule has 0 aromatic rings. The first-order valence-corrected chi connectivity index (χ1v) is 4.68. The van der Waals surface area contributed by atoms with E-state index >= 15 is 0 Å². The van der Waals surface area contributed by atoms with Gasteiger partial charge in [-0.15, -0.1) is 0 Å². The lowest BCUT2D eigenvalue weighted by Crippen LogP contribution is -2.26. The van der Waals surface area contributed by atoms with Gasteiger partial charge >= 0.3 is 0 Å². The van der Waals surface area contributed by atoms with E-state index in [4.69, 9.17) is 0 Å². The summed E-state index contributed by atoms with van der Waals surface area (Å²) >= 11 is 0. The molecule has 0 aliphatic heterocycles. The molecule has 0 fully saturated rings. The Bertz CT molecular complexity index is 78.9. The van der Waals surface area contributed by atoms with Gasteiger partial charge in [0.1, 0.15) is 0 Å². The number of hydrogen-bond donors (Lipinski definition) is 0. The second-order valence-electron chi connectivity index (χ2n) is 3.40. The van der Waals surface area contributed by atoms with E-state index in [1.54, 1.807) is 0 Å². The topological polar surface area (TPSA) is 3.24 Å². The maximum absolute atomic E-state index is 3.94. The van der Waals surface area contributed by atoms with Crippen LogP contribution in [0.3, 0.4) is 0 Å². The van der Waals surface area contributed by atoms with E-state index < -0.39 is 0 Å². The van der Waals surface area contributed by atoms with Gasteiger partial charge < -0.3 is 4.90 Å². The van der Waals surface area contributed by atoms with E-state index in [2.05, 4.69) is 32.8 Å². The van der Waals surface area contributed by atoms with Crippen molar-refractivity contribution in [2.24, 2.45) is 0 Å². The summed E-state index contributed by atoms with van der Waals surface area (Å²) in [6.45, 7) is 6.19. The van der Waals surface area contributed by atoms with E-state index in [1.165, 1.54) is 25.7 Å². The zero-order chi connectivity index (χ0) is 8.69. The monoisotopic (exact) mass is 156 g/mol. The molecule has 1 unspecified atom stereocenters. The van der Waals surface area contributed by atoms with Crippen molar-refractivity contribution in [1.82, 2.24) is 4.90 Å². The highest BCUT2D eigenvalue weighted by atomic mass is 15.1. The van der Waals surface area contributed by atoms with E-state index in [0.717, 1.165) is 6.42 Å². The molecular formula is C10H22N. The van der Waals surface area contributed by atoms with Gasteiger partial charge in [-0.1, -0.05) is 33.1 Å². The van der Waals surface area contributed by atoms with Crippen molar-refractivity contribution in [3.63, 3.8) is 0 Å². The Morgan fingerprint density at radius 1 is 1.27 bits per heavy atom. The largest absolute Gasteiger partial charge is 0.306 e. The van der Waals surface area contributed by atoms with Crippen molar-refractivity contribution in [3.8, 4) is 0 Å². The summed E-state index contributed by atoms with van der Waals surface area (Å²) in [5.74, 6) is 0. The van der Waals surface area contributed by atoms with Crippen LogP contribution in [0, 0.1) is 6.92 Å². The summed E-state index contributed by atoms with van der Waals surface area (Å²) in [7, 11) is 4.28. The third-order valence-corrected chi connectivity index (χ3v) is 2.20. The highest BCUT2D eigenvalue weighted by Gasteiger charge is 2.06. The van der Waals surface area contributed by atoms with Crippen LogP contribution < -0.4 is 0 Å². The molecule has 11 heavy (non-hydrogen) atoms. The van der Waals surface area contributed by atoms with Crippen LogP contribution in [0.5, 0.6) is 0 Å². The summed E-state index contributed by atoms with van der Waals surface area (Å²) < 4.78 is 0. The second-order valence-corrected chi connectivity index (χ2v) is 3.40. The number of nitrogens with zero attached hydrogens (tertiary/aromatic N) is 1. The van der Waals surface area contributed by atoms with Gasteiger partial charge in [0.05, 0.1) is 0 Å². The average Bonchev–Trinajstić information content (AvgIpc) is 1.97. The van der Waals surface area contributed by atoms with Gasteiger partial charge in [0.2, 0.25) is 0 Å². The molecule has 0 aliphatic carbocycles. The summed E-state index contributed by atoms with van der Waals surface area (Å²) in [6.07, 6.45) is 6.39. The Morgan fingerprint density at radius 2 is 1.91 bits per heavy atom. The van der Waals surface area contributed by atoms with Gasteiger partial charge in [-0.05, 0) is 26.9 Å². The van der Waals surface area contributed by atoms with Crippen LogP contribution in [-0.2, 0) is 0 Å². The Kier molecular flexibility index (Phi) is 6.63. The minimum atomic E-state index is 0.696. The van der Waals surface area contributed by atoms with Crippen LogP contribution in [0.4, 0.5) is 0 Å². The van der Waals surface area contributed by atoms with Gasteiger partial charge in [-0.2, -0.15) is 0 Å². The normalized spacial score (nSPS) is 13.9. The minimum absolute atomic E-state index is 0.696. The van der Waals surface area contributed by atoms with Crippen molar-refractivity contribution < 1.29 is 0 Å². The van der Waals surface area contributed by atoms with Gasteiger partial charge in [0, 0.05) is 6.04 Å². The summed E-state index contributed by atoms with van der Waals surface area (Å²) in [6, 6.07) is 0.696. The summed E-state index contributed by atoms with van der Waals surface area (Å²) in [5, 5.41) is 0. The van der Waals surface area contributed by atoms with E-state index in [-0.39, 0.29) is 0 Å². The van der Waals surface area contributed by atoms with Crippen molar-refractivity contribution in [3.05, 3.63) is 6.92 Å². The molecule has 0 N–H and O–H groups in total. The highest BCUT2D eigenvalue weighted by molar-refractivity contribution is 4.66. The molecule has 0 saturated carbocycles. The molecule has 0 saturated heterocycles. The Balaban J connectivity index is 3.36. The van der Waals surface area contributed by atoms with E-state index in [0.29, 0.717) is 6.04 Å². The predicted molar refractivity (Wildman–Crippen MR) is 51.6 cm³/mol. The number of hydrogen-bond acceptors (Lipinski definition) is 1. The Labute approximate surface area is 71.8 Å². The van der Waals surface area contributed by atoms with Gasteiger partial charge in [-0.25, -0.2) is 0 Å². The zero-order valence-corrected chi connectivity index (χ0v) is 8.27. The molecule has 1 atom stereocenters. The molecule has 0 bridgehead atoms. The smallest absolute Gasteiger partial charge is 0.00891 e. The molecule has 1 heteroatoms. The fourth-order valence-corrected chi connectivity index (χ4v) is 1.29. The first-order chi connectivity index (χ1) is 5.22. The second kappa shape index (κ2) is 6.66. The van der Waals surface area contributed by atoms with Gasteiger partial charge in [-0.3, -0.25) is 0 Å². The molecular weight excluding hydrogens is 134 g/mol. The summed E-state index contributed by atoms with van der Waals surface area (Å²) in [5.41, 5.74) is 0. The van der Waals surface area contributed by atoms with Crippen molar-refractivity contribution in [2.75, 3.05) is 14.1 Å². The van der Waals surface area contributed by atoms with E-state index in [9.17, 15) is 0 Å². The first-order valence-electron chi connectivity index (χ1n) is 4.68. The molecule has 0 rings (SSSR count). The molecule has 0 aliphatic rings.